The standard InChI is InChI=1S/C11H10F2N2S/c1-14-11-10(15-4-5-16-11)8-6-7(12)2-3-9(8)13/h2-3,6H,4-5H2,1H3. The molecular weight excluding hydrogens is 230 g/mol. The molecule has 1 aliphatic heterocycles. The molecule has 0 spiro atoms. The van der Waals surface area contributed by atoms with Crippen molar-refractivity contribution >= 4 is 22.5 Å². The third-order valence-electron chi connectivity index (χ3n) is 2.19. The largest absolute Gasteiger partial charge is 0.281 e. The molecule has 0 atom stereocenters. The predicted octanol–water partition coefficient (Wildman–Crippen LogP) is 2.53. The van der Waals surface area contributed by atoms with Crippen molar-refractivity contribution in [3.05, 3.63) is 35.4 Å². The Morgan fingerprint density at radius 1 is 1.38 bits per heavy atom. The van der Waals surface area contributed by atoms with Gasteiger partial charge in [0.05, 0.1) is 5.71 Å². The molecule has 1 aliphatic rings. The van der Waals surface area contributed by atoms with Crippen molar-refractivity contribution in [1.82, 2.24) is 0 Å². The average molecular weight is 240 g/mol. The summed E-state index contributed by atoms with van der Waals surface area (Å²) in [5.74, 6) is -0.110. The summed E-state index contributed by atoms with van der Waals surface area (Å²) in [5, 5.41) is 0.663. The molecule has 1 aromatic rings. The van der Waals surface area contributed by atoms with E-state index in [9.17, 15) is 8.78 Å². The molecule has 1 aromatic carbocycles. The maximum absolute atomic E-state index is 13.6. The van der Waals surface area contributed by atoms with Crippen LogP contribution in [0.1, 0.15) is 5.56 Å². The highest BCUT2D eigenvalue weighted by atomic mass is 32.2. The number of halogens is 2. The monoisotopic (exact) mass is 240 g/mol. The normalized spacial score (nSPS) is 18.7. The quantitative estimate of drug-likeness (QED) is 0.740. The molecule has 0 saturated carbocycles. The number of thioether (sulfide) groups is 1. The maximum Gasteiger partial charge on any atom is 0.132 e. The van der Waals surface area contributed by atoms with Crippen LogP contribution in [0.3, 0.4) is 0 Å². The molecule has 0 amide bonds. The van der Waals surface area contributed by atoms with Crippen molar-refractivity contribution in [2.45, 2.75) is 0 Å². The number of hydrogen-bond acceptors (Lipinski definition) is 3. The van der Waals surface area contributed by atoms with E-state index in [1.165, 1.54) is 11.8 Å². The van der Waals surface area contributed by atoms with Crippen LogP contribution in [0.2, 0.25) is 0 Å². The molecule has 2 rings (SSSR count). The van der Waals surface area contributed by atoms with Crippen LogP contribution < -0.4 is 0 Å². The number of hydrogen-bond donors (Lipinski definition) is 0. The molecule has 0 fully saturated rings. The van der Waals surface area contributed by atoms with Gasteiger partial charge in [-0.2, -0.15) is 0 Å². The van der Waals surface area contributed by atoms with Gasteiger partial charge in [0.25, 0.3) is 0 Å². The highest BCUT2D eigenvalue weighted by molar-refractivity contribution is 8.15. The first-order valence-electron chi connectivity index (χ1n) is 4.82. The third kappa shape index (κ3) is 2.14. The highest BCUT2D eigenvalue weighted by Crippen LogP contribution is 2.19. The molecule has 16 heavy (non-hydrogen) atoms. The van der Waals surface area contributed by atoms with Crippen molar-refractivity contribution in [3.63, 3.8) is 0 Å². The van der Waals surface area contributed by atoms with Crippen LogP contribution in [0.15, 0.2) is 28.2 Å². The first-order chi connectivity index (χ1) is 7.72. The summed E-state index contributed by atoms with van der Waals surface area (Å²) < 4.78 is 26.6. The van der Waals surface area contributed by atoms with Crippen LogP contribution in [-0.4, -0.2) is 30.1 Å². The highest BCUT2D eigenvalue weighted by Gasteiger charge is 2.19. The van der Waals surface area contributed by atoms with Crippen molar-refractivity contribution in [1.29, 1.82) is 0 Å². The Balaban J connectivity index is 2.50. The van der Waals surface area contributed by atoms with Crippen molar-refractivity contribution in [3.8, 4) is 0 Å². The van der Waals surface area contributed by atoms with Gasteiger partial charge < -0.3 is 0 Å². The van der Waals surface area contributed by atoms with Crippen molar-refractivity contribution in [2.24, 2.45) is 9.98 Å². The van der Waals surface area contributed by atoms with E-state index >= 15 is 0 Å². The molecule has 5 heteroatoms. The topological polar surface area (TPSA) is 24.7 Å². The van der Waals surface area contributed by atoms with Crippen molar-refractivity contribution < 1.29 is 8.78 Å². The van der Waals surface area contributed by atoms with E-state index in [-0.39, 0.29) is 5.56 Å². The van der Waals surface area contributed by atoms with E-state index in [0.717, 1.165) is 24.0 Å². The first kappa shape index (κ1) is 11.3. The zero-order valence-corrected chi connectivity index (χ0v) is 9.52. The number of benzene rings is 1. The number of nitrogens with zero attached hydrogens (tertiary/aromatic N) is 2. The maximum atomic E-state index is 13.6. The summed E-state index contributed by atoms with van der Waals surface area (Å²) in [6.07, 6.45) is 0. The zero-order chi connectivity index (χ0) is 11.5. The van der Waals surface area contributed by atoms with Crippen LogP contribution in [0.25, 0.3) is 0 Å². The first-order valence-corrected chi connectivity index (χ1v) is 5.81. The Hall–Kier alpha value is -1.23. The summed E-state index contributed by atoms with van der Waals surface area (Å²) in [6.45, 7) is 0.606. The minimum atomic E-state index is -0.469. The lowest BCUT2D eigenvalue weighted by Crippen LogP contribution is -2.20. The smallest absolute Gasteiger partial charge is 0.132 e. The van der Waals surface area contributed by atoms with Gasteiger partial charge in [-0.05, 0) is 18.2 Å². The summed E-state index contributed by atoms with van der Waals surface area (Å²) in [6, 6.07) is 3.36. The summed E-state index contributed by atoms with van der Waals surface area (Å²) in [7, 11) is 1.63. The predicted molar refractivity (Wildman–Crippen MR) is 63.6 cm³/mol. The van der Waals surface area contributed by atoms with E-state index < -0.39 is 11.6 Å². The van der Waals surface area contributed by atoms with Crippen molar-refractivity contribution in [2.75, 3.05) is 19.3 Å². The summed E-state index contributed by atoms with van der Waals surface area (Å²) in [5.41, 5.74) is 0.642. The van der Waals surface area contributed by atoms with Gasteiger partial charge >= 0.3 is 0 Å². The fraction of sp³-hybridized carbons (Fsp3) is 0.273. The Labute approximate surface area is 96.5 Å². The second-order valence-corrected chi connectivity index (χ2v) is 4.32. The lowest BCUT2D eigenvalue weighted by Gasteiger charge is -2.14. The lowest BCUT2D eigenvalue weighted by atomic mass is 10.1. The van der Waals surface area contributed by atoms with Crippen LogP contribution >= 0.6 is 11.8 Å². The minimum absolute atomic E-state index is 0.188. The fourth-order valence-corrected chi connectivity index (χ4v) is 2.30. The van der Waals surface area contributed by atoms with Gasteiger partial charge in [0, 0.05) is 24.9 Å². The Kier molecular flexibility index (Phi) is 3.33. The summed E-state index contributed by atoms with van der Waals surface area (Å²) in [4.78, 5) is 8.25. The molecule has 0 aliphatic carbocycles. The van der Waals surface area contributed by atoms with E-state index in [1.807, 2.05) is 0 Å². The molecule has 1 heterocycles. The molecule has 0 N–H and O–H groups in total. The molecule has 84 valence electrons. The van der Waals surface area contributed by atoms with Gasteiger partial charge in [0.2, 0.25) is 0 Å². The molecular formula is C11H10F2N2S. The molecule has 0 unspecified atom stereocenters. The van der Waals surface area contributed by atoms with E-state index in [0.29, 0.717) is 17.3 Å². The Morgan fingerprint density at radius 2 is 2.19 bits per heavy atom. The van der Waals surface area contributed by atoms with Gasteiger partial charge in [0.1, 0.15) is 16.7 Å². The van der Waals surface area contributed by atoms with Gasteiger partial charge in [-0.3, -0.25) is 9.98 Å². The average Bonchev–Trinajstić information content (AvgIpc) is 2.32. The van der Waals surface area contributed by atoms with Crippen LogP contribution in [-0.2, 0) is 0 Å². The van der Waals surface area contributed by atoms with Crippen LogP contribution in [0.5, 0.6) is 0 Å². The van der Waals surface area contributed by atoms with Crippen LogP contribution in [0.4, 0.5) is 8.78 Å². The Bertz CT molecular complexity index is 469. The summed E-state index contributed by atoms with van der Waals surface area (Å²) >= 11 is 1.51. The van der Waals surface area contributed by atoms with Gasteiger partial charge in [0.15, 0.2) is 0 Å². The lowest BCUT2D eigenvalue weighted by molar-refractivity contribution is 0.598. The molecule has 2 nitrogen and oxygen atoms in total. The fourth-order valence-electron chi connectivity index (χ4n) is 1.49. The molecule has 0 aromatic heterocycles. The molecule has 0 radical (unpaired) electrons. The molecule has 0 bridgehead atoms. The minimum Gasteiger partial charge on any atom is -0.281 e. The SMILES string of the molecule is CN=C1SCCN=C1c1cc(F)ccc1F. The van der Waals surface area contributed by atoms with E-state index in [2.05, 4.69) is 9.98 Å². The zero-order valence-electron chi connectivity index (χ0n) is 8.70. The number of aliphatic imine (C=N–C) groups is 2. The van der Waals surface area contributed by atoms with Gasteiger partial charge in [-0.15, -0.1) is 11.8 Å². The van der Waals surface area contributed by atoms with E-state index in [1.54, 1.807) is 7.05 Å². The van der Waals surface area contributed by atoms with Gasteiger partial charge in [-0.1, -0.05) is 0 Å². The Morgan fingerprint density at radius 3 is 2.94 bits per heavy atom. The second-order valence-electron chi connectivity index (χ2n) is 3.23. The van der Waals surface area contributed by atoms with E-state index in [4.69, 9.17) is 0 Å². The van der Waals surface area contributed by atoms with Gasteiger partial charge in [-0.25, -0.2) is 8.78 Å². The number of rotatable bonds is 1. The van der Waals surface area contributed by atoms with Crippen LogP contribution in [0, 0.1) is 11.6 Å². The second kappa shape index (κ2) is 4.74. The third-order valence-corrected chi connectivity index (χ3v) is 3.23. The molecule has 0 saturated heterocycles.